The molecule has 0 spiro atoms. The SMILES string of the molecule is c1cncc(-c2csc(-c3ccco3)n2)c1. The second-order valence-electron chi connectivity index (χ2n) is 3.26. The van der Waals surface area contributed by atoms with E-state index < -0.39 is 0 Å². The van der Waals surface area contributed by atoms with E-state index in [2.05, 4.69) is 9.97 Å². The largest absolute Gasteiger partial charge is 0.462 e. The van der Waals surface area contributed by atoms with Crippen molar-refractivity contribution in [1.29, 1.82) is 0 Å². The molecule has 3 nitrogen and oxygen atoms in total. The lowest BCUT2D eigenvalue weighted by atomic mass is 10.2. The van der Waals surface area contributed by atoms with Gasteiger partial charge in [0, 0.05) is 23.3 Å². The zero-order valence-corrected chi connectivity index (χ0v) is 9.15. The van der Waals surface area contributed by atoms with E-state index in [0.717, 1.165) is 22.0 Å². The van der Waals surface area contributed by atoms with Crippen molar-refractivity contribution in [2.75, 3.05) is 0 Å². The maximum Gasteiger partial charge on any atom is 0.162 e. The Kier molecular flexibility index (Phi) is 2.27. The van der Waals surface area contributed by atoms with E-state index in [1.807, 2.05) is 29.6 Å². The van der Waals surface area contributed by atoms with Gasteiger partial charge in [-0.3, -0.25) is 4.98 Å². The average Bonchev–Trinajstić information content (AvgIpc) is 3.01. The summed E-state index contributed by atoms with van der Waals surface area (Å²) < 4.78 is 5.30. The van der Waals surface area contributed by atoms with Gasteiger partial charge in [-0.1, -0.05) is 0 Å². The number of hydrogen-bond donors (Lipinski definition) is 0. The fraction of sp³-hybridized carbons (Fsp3) is 0. The molecule has 0 saturated carbocycles. The summed E-state index contributed by atoms with van der Waals surface area (Å²) in [5.41, 5.74) is 1.96. The Morgan fingerprint density at radius 2 is 2.19 bits per heavy atom. The molecule has 3 aromatic rings. The normalized spacial score (nSPS) is 10.5. The molecule has 3 heterocycles. The summed E-state index contributed by atoms with van der Waals surface area (Å²) in [5, 5.41) is 2.90. The lowest BCUT2D eigenvalue weighted by Gasteiger charge is -1.93. The Morgan fingerprint density at radius 1 is 1.19 bits per heavy atom. The van der Waals surface area contributed by atoms with E-state index in [1.165, 1.54) is 0 Å². The molecule has 0 aliphatic carbocycles. The van der Waals surface area contributed by atoms with Crippen LogP contribution in [0.15, 0.2) is 52.7 Å². The number of rotatable bonds is 2. The van der Waals surface area contributed by atoms with Gasteiger partial charge in [0.05, 0.1) is 12.0 Å². The van der Waals surface area contributed by atoms with Gasteiger partial charge < -0.3 is 4.42 Å². The molecule has 78 valence electrons. The molecule has 16 heavy (non-hydrogen) atoms. The van der Waals surface area contributed by atoms with Crippen molar-refractivity contribution in [3.63, 3.8) is 0 Å². The van der Waals surface area contributed by atoms with Crippen molar-refractivity contribution < 1.29 is 4.42 Å². The lowest BCUT2D eigenvalue weighted by Crippen LogP contribution is -1.79. The van der Waals surface area contributed by atoms with Crippen LogP contribution < -0.4 is 0 Å². The molecule has 0 amide bonds. The predicted octanol–water partition coefficient (Wildman–Crippen LogP) is 3.47. The van der Waals surface area contributed by atoms with Crippen molar-refractivity contribution in [1.82, 2.24) is 9.97 Å². The molecule has 0 N–H and O–H groups in total. The summed E-state index contributed by atoms with van der Waals surface area (Å²) in [6.07, 6.45) is 5.21. The smallest absolute Gasteiger partial charge is 0.162 e. The van der Waals surface area contributed by atoms with Crippen molar-refractivity contribution in [2.24, 2.45) is 0 Å². The number of nitrogens with zero attached hydrogens (tertiary/aromatic N) is 2. The van der Waals surface area contributed by atoms with Gasteiger partial charge in [0.15, 0.2) is 10.8 Å². The van der Waals surface area contributed by atoms with Crippen LogP contribution in [0.4, 0.5) is 0 Å². The number of thiazole rings is 1. The molecule has 0 atom stereocenters. The fourth-order valence-electron chi connectivity index (χ4n) is 1.43. The Morgan fingerprint density at radius 3 is 2.94 bits per heavy atom. The standard InChI is InChI=1S/C12H8N2OS/c1-3-9(7-13-5-1)10-8-16-12(14-10)11-4-2-6-15-11/h1-8H. The van der Waals surface area contributed by atoms with Crippen molar-refractivity contribution in [3.05, 3.63) is 48.3 Å². The summed E-state index contributed by atoms with van der Waals surface area (Å²) in [6.45, 7) is 0. The van der Waals surface area contributed by atoms with Crippen molar-refractivity contribution in [3.8, 4) is 22.0 Å². The highest BCUT2D eigenvalue weighted by Gasteiger charge is 2.07. The molecule has 0 bridgehead atoms. The maximum atomic E-state index is 5.30. The van der Waals surface area contributed by atoms with Crippen LogP contribution in [-0.4, -0.2) is 9.97 Å². The molecule has 0 aliphatic rings. The number of hydrogen-bond acceptors (Lipinski definition) is 4. The third-order valence-electron chi connectivity index (χ3n) is 2.19. The minimum absolute atomic E-state index is 0.806. The molecule has 0 radical (unpaired) electrons. The summed E-state index contributed by atoms with van der Waals surface area (Å²) in [5.74, 6) is 0.806. The molecule has 0 fully saturated rings. The van der Waals surface area contributed by atoms with Gasteiger partial charge in [-0.05, 0) is 24.3 Å². The van der Waals surface area contributed by atoms with Crippen LogP contribution >= 0.6 is 11.3 Å². The summed E-state index contributed by atoms with van der Waals surface area (Å²) in [4.78, 5) is 8.58. The van der Waals surface area contributed by atoms with E-state index in [0.29, 0.717) is 0 Å². The van der Waals surface area contributed by atoms with Gasteiger partial charge >= 0.3 is 0 Å². The van der Waals surface area contributed by atoms with Crippen LogP contribution in [0.5, 0.6) is 0 Å². The number of aromatic nitrogens is 2. The topological polar surface area (TPSA) is 38.9 Å². The summed E-state index contributed by atoms with van der Waals surface area (Å²) >= 11 is 1.57. The Hall–Kier alpha value is -1.94. The minimum Gasteiger partial charge on any atom is -0.462 e. The molecular formula is C12H8N2OS. The average molecular weight is 228 g/mol. The first-order chi connectivity index (χ1) is 7.93. The van der Waals surface area contributed by atoms with E-state index in [9.17, 15) is 0 Å². The second kappa shape index (κ2) is 3.90. The molecular weight excluding hydrogens is 220 g/mol. The molecule has 0 aliphatic heterocycles. The lowest BCUT2D eigenvalue weighted by molar-refractivity contribution is 0.582. The zero-order chi connectivity index (χ0) is 10.8. The van der Waals surface area contributed by atoms with Gasteiger partial charge in [0.2, 0.25) is 0 Å². The number of pyridine rings is 1. The van der Waals surface area contributed by atoms with Crippen LogP contribution in [0.2, 0.25) is 0 Å². The first-order valence-electron chi connectivity index (χ1n) is 4.83. The second-order valence-corrected chi connectivity index (χ2v) is 4.12. The highest BCUT2D eigenvalue weighted by atomic mass is 32.1. The van der Waals surface area contributed by atoms with Crippen LogP contribution in [0.3, 0.4) is 0 Å². The molecule has 3 rings (SSSR count). The minimum atomic E-state index is 0.806. The van der Waals surface area contributed by atoms with Crippen molar-refractivity contribution in [2.45, 2.75) is 0 Å². The van der Waals surface area contributed by atoms with E-state index in [4.69, 9.17) is 4.42 Å². The van der Waals surface area contributed by atoms with E-state index in [-0.39, 0.29) is 0 Å². The fourth-order valence-corrected chi connectivity index (χ4v) is 2.23. The third-order valence-corrected chi connectivity index (χ3v) is 3.05. The highest BCUT2D eigenvalue weighted by Crippen LogP contribution is 2.28. The van der Waals surface area contributed by atoms with E-state index >= 15 is 0 Å². The summed E-state index contributed by atoms with van der Waals surface area (Å²) in [6, 6.07) is 7.67. The monoisotopic (exact) mass is 228 g/mol. The number of furan rings is 1. The molecule has 3 aromatic heterocycles. The van der Waals surface area contributed by atoms with Gasteiger partial charge in [-0.25, -0.2) is 4.98 Å². The Labute approximate surface area is 96.4 Å². The van der Waals surface area contributed by atoms with Gasteiger partial charge in [0.1, 0.15) is 0 Å². The van der Waals surface area contributed by atoms with E-state index in [1.54, 1.807) is 30.0 Å². The molecule has 0 unspecified atom stereocenters. The summed E-state index contributed by atoms with van der Waals surface area (Å²) in [7, 11) is 0. The first-order valence-corrected chi connectivity index (χ1v) is 5.71. The first kappa shape index (κ1) is 9.30. The van der Waals surface area contributed by atoms with Crippen LogP contribution in [0, 0.1) is 0 Å². The quantitative estimate of drug-likeness (QED) is 0.674. The maximum absolute atomic E-state index is 5.30. The van der Waals surface area contributed by atoms with Crippen LogP contribution in [0.1, 0.15) is 0 Å². The van der Waals surface area contributed by atoms with Crippen molar-refractivity contribution >= 4 is 11.3 Å². The molecule has 0 aromatic carbocycles. The highest BCUT2D eigenvalue weighted by molar-refractivity contribution is 7.13. The molecule has 4 heteroatoms. The predicted molar refractivity (Wildman–Crippen MR) is 63.0 cm³/mol. The Bertz CT molecular complexity index is 572. The van der Waals surface area contributed by atoms with Gasteiger partial charge in [0.25, 0.3) is 0 Å². The third kappa shape index (κ3) is 1.63. The molecule has 0 saturated heterocycles. The van der Waals surface area contributed by atoms with Gasteiger partial charge in [-0.15, -0.1) is 11.3 Å². The zero-order valence-electron chi connectivity index (χ0n) is 8.33. The Balaban J connectivity index is 2.00. The van der Waals surface area contributed by atoms with Gasteiger partial charge in [-0.2, -0.15) is 0 Å². The van der Waals surface area contributed by atoms with Crippen LogP contribution in [-0.2, 0) is 0 Å². The van der Waals surface area contributed by atoms with Crippen LogP contribution in [0.25, 0.3) is 22.0 Å².